The molecule has 0 radical (unpaired) electrons. The number of thiophene rings is 1. The van der Waals surface area contributed by atoms with Gasteiger partial charge in [0.1, 0.15) is 4.21 Å². The monoisotopic (exact) mass is 434 g/mol. The SMILES string of the molecule is O=C(NCc1ccc(S(=O)(=O)N2CCOCC2)s1)c1ccc(Cl)c(Cl)c1. The number of carbonyl (C=O) groups is 1. The zero-order valence-corrected chi connectivity index (χ0v) is 16.7. The van der Waals surface area contributed by atoms with Crippen LogP contribution in [0.3, 0.4) is 0 Å². The fourth-order valence-corrected chi connectivity index (χ4v) is 5.57. The third-order valence-corrected chi connectivity index (χ3v) is 8.00. The van der Waals surface area contributed by atoms with Gasteiger partial charge in [0.05, 0.1) is 29.8 Å². The van der Waals surface area contributed by atoms with Gasteiger partial charge in [-0.1, -0.05) is 23.2 Å². The Morgan fingerprint density at radius 2 is 1.88 bits per heavy atom. The summed E-state index contributed by atoms with van der Waals surface area (Å²) < 4.78 is 32.1. The molecule has 1 N–H and O–H groups in total. The minimum absolute atomic E-state index is 0.225. The number of ether oxygens (including phenoxy) is 1. The van der Waals surface area contributed by atoms with Crippen molar-refractivity contribution in [3.63, 3.8) is 0 Å². The lowest BCUT2D eigenvalue weighted by molar-refractivity contribution is 0.0731. The van der Waals surface area contributed by atoms with Crippen LogP contribution in [0.25, 0.3) is 0 Å². The van der Waals surface area contributed by atoms with Crippen molar-refractivity contribution in [2.75, 3.05) is 26.3 Å². The summed E-state index contributed by atoms with van der Waals surface area (Å²) in [6.45, 7) is 1.73. The molecular weight excluding hydrogens is 419 g/mol. The normalized spacial score (nSPS) is 15.8. The summed E-state index contributed by atoms with van der Waals surface area (Å²) in [5, 5.41) is 3.42. The van der Waals surface area contributed by atoms with E-state index >= 15 is 0 Å². The van der Waals surface area contributed by atoms with Gasteiger partial charge in [0.25, 0.3) is 15.9 Å². The minimum Gasteiger partial charge on any atom is -0.379 e. The number of morpholine rings is 1. The molecule has 0 unspecified atom stereocenters. The van der Waals surface area contributed by atoms with Crippen LogP contribution >= 0.6 is 34.5 Å². The number of benzene rings is 1. The van der Waals surface area contributed by atoms with E-state index in [2.05, 4.69) is 5.32 Å². The second kappa shape index (κ2) is 8.24. The summed E-state index contributed by atoms with van der Waals surface area (Å²) in [5.41, 5.74) is 0.386. The zero-order chi connectivity index (χ0) is 18.7. The maximum Gasteiger partial charge on any atom is 0.252 e. The molecule has 2 aromatic rings. The van der Waals surface area contributed by atoms with Crippen LogP contribution in [-0.2, 0) is 21.3 Å². The molecule has 1 aliphatic heterocycles. The van der Waals surface area contributed by atoms with Crippen molar-refractivity contribution in [1.82, 2.24) is 9.62 Å². The Kier molecular flexibility index (Phi) is 6.21. The first-order chi connectivity index (χ1) is 12.4. The Hall–Kier alpha value is -1.16. The highest BCUT2D eigenvalue weighted by atomic mass is 35.5. The molecule has 1 aromatic carbocycles. The van der Waals surface area contributed by atoms with Gasteiger partial charge >= 0.3 is 0 Å². The van der Waals surface area contributed by atoms with Crippen LogP contribution in [0.4, 0.5) is 0 Å². The number of sulfonamides is 1. The molecule has 10 heteroatoms. The molecule has 1 saturated heterocycles. The van der Waals surface area contributed by atoms with Crippen LogP contribution < -0.4 is 5.32 Å². The Morgan fingerprint density at radius 1 is 1.15 bits per heavy atom. The number of hydrogen-bond acceptors (Lipinski definition) is 5. The molecule has 1 aromatic heterocycles. The lowest BCUT2D eigenvalue weighted by atomic mass is 10.2. The largest absolute Gasteiger partial charge is 0.379 e. The van der Waals surface area contributed by atoms with Crippen LogP contribution in [0.2, 0.25) is 10.0 Å². The van der Waals surface area contributed by atoms with Crippen molar-refractivity contribution >= 4 is 50.5 Å². The Morgan fingerprint density at radius 3 is 2.58 bits per heavy atom. The predicted octanol–water partition coefficient (Wildman–Crippen LogP) is 3.01. The van der Waals surface area contributed by atoms with Crippen molar-refractivity contribution in [2.45, 2.75) is 10.8 Å². The van der Waals surface area contributed by atoms with E-state index in [9.17, 15) is 13.2 Å². The lowest BCUT2D eigenvalue weighted by Gasteiger charge is -2.25. The van der Waals surface area contributed by atoms with E-state index < -0.39 is 10.0 Å². The summed E-state index contributed by atoms with van der Waals surface area (Å²) in [5.74, 6) is -0.311. The van der Waals surface area contributed by atoms with E-state index in [1.165, 1.54) is 10.4 Å². The van der Waals surface area contributed by atoms with E-state index in [1.54, 1.807) is 24.3 Å². The number of nitrogens with one attached hydrogen (secondary N) is 1. The zero-order valence-electron chi connectivity index (χ0n) is 13.6. The second-order valence-corrected chi connectivity index (χ2v) is 9.70. The number of amides is 1. The average molecular weight is 435 g/mol. The van der Waals surface area contributed by atoms with Crippen LogP contribution in [0.5, 0.6) is 0 Å². The average Bonchev–Trinajstić information content (AvgIpc) is 3.12. The Labute approximate surface area is 165 Å². The summed E-state index contributed by atoms with van der Waals surface area (Å²) in [6.07, 6.45) is 0. The molecule has 26 heavy (non-hydrogen) atoms. The van der Waals surface area contributed by atoms with Crippen LogP contribution in [0.15, 0.2) is 34.5 Å². The first-order valence-corrected chi connectivity index (χ1v) is 10.8. The van der Waals surface area contributed by atoms with Gasteiger partial charge in [0.2, 0.25) is 0 Å². The van der Waals surface area contributed by atoms with Gasteiger partial charge in [0, 0.05) is 23.5 Å². The van der Waals surface area contributed by atoms with Crippen LogP contribution in [0.1, 0.15) is 15.2 Å². The third-order valence-electron chi connectivity index (χ3n) is 3.81. The lowest BCUT2D eigenvalue weighted by Crippen LogP contribution is -2.40. The topological polar surface area (TPSA) is 75.7 Å². The van der Waals surface area contributed by atoms with Crippen LogP contribution in [-0.4, -0.2) is 44.9 Å². The van der Waals surface area contributed by atoms with E-state index in [1.807, 2.05) is 0 Å². The van der Waals surface area contributed by atoms with Gasteiger partial charge in [-0.25, -0.2) is 8.42 Å². The van der Waals surface area contributed by atoms with Crippen molar-refractivity contribution < 1.29 is 17.9 Å². The molecule has 1 amide bonds. The highest BCUT2D eigenvalue weighted by Gasteiger charge is 2.27. The molecule has 1 fully saturated rings. The number of hydrogen-bond donors (Lipinski definition) is 1. The number of carbonyl (C=O) groups excluding carboxylic acids is 1. The van der Waals surface area contributed by atoms with Gasteiger partial charge in [-0.3, -0.25) is 4.79 Å². The van der Waals surface area contributed by atoms with Crippen molar-refractivity contribution in [2.24, 2.45) is 0 Å². The van der Waals surface area contributed by atoms with E-state index in [0.717, 1.165) is 16.2 Å². The van der Waals surface area contributed by atoms with Crippen molar-refractivity contribution in [3.05, 3.63) is 50.8 Å². The molecule has 0 atom stereocenters. The van der Waals surface area contributed by atoms with Gasteiger partial charge in [-0.05, 0) is 30.3 Å². The van der Waals surface area contributed by atoms with Gasteiger partial charge in [-0.15, -0.1) is 11.3 Å². The molecule has 6 nitrogen and oxygen atoms in total. The van der Waals surface area contributed by atoms with E-state index in [0.29, 0.717) is 41.9 Å². The molecule has 0 spiro atoms. The summed E-state index contributed by atoms with van der Waals surface area (Å²) in [4.78, 5) is 12.9. The van der Waals surface area contributed by atoms with E-state index in [-0.39, 0.29) is 16.7 Å². The highest BCUT2D eigenvalue weighted by Crippen LogP contribution is 2.26. The Balaban J connectivity index is 1.64. The molecule has 1 aliphatic rings. The first-order valence-electron chi connectivity index (χ1n) is 7.78. The number of nitrogens with zero attached hydrogens (tertiary/aromatic N) is 1. The predicted molar refractivity (Wildman–Crippen MR) is 102 cm³/mol. The summed E-state index contributed by atoms with van der Waals surface area (Å²) in [6, 6.07) is 7.88. The fourth-order valence-electron chi connectivity index (χ4n) is 2.41. The number of rotatable bonds is 5. The molecular formula is C16H16Cl2N2O4S2. The van der Waals surface area contributed by atoms with Crippen molar-refractivity contribution in [3.8, 4) is 0 Å². The van der Waals surface area contributed by atoms with E-state index in [4.69, 9.17) is 27.9 Å². The minimum atomic E-state index is -3.52. The quantitative estimate of drug-likeness (QED) is 0.784. The third kappa shape index (κ3) is 4.39. The molecule has 0 aliphatic carbocycles. The molecule has 2 heterocycles. The van der Waals surface area contributed by atoms with Gasteiger partial charge in [-0.2, -0.15) is 4.31 Å². The molecule has 0 bridgehead atoms. The van der Waals surface area contributed by atoms with Gasteiger partial charge in [0.15, 0.2) is 0 Å². The smallest absolute Gasteiger partial charge is 0.252 e. The maximum absolute atomic E-state index is 12.6. The highest BCUT2D eigenvalue weighted by molar-refractivity contribution is 7.91. The number of halogens is 2. The Bertz CT molecular complexity index is 909. The van der Waals surface area contributed by atoms with Crippen LogP contribution in [0, 0.1) is 0 Å². The second-order valence-electron chi connectivity index (χ2n) is 5.55. The first kappa shape index (κ1) is 19.6. The summed E-state index contributed by atoms with van der Waals surface area (Å²) in [7, 11) is -3.52. The maximum atomic E-state index is 12.6. The van der Waals surface area contributed by atoms with Crippen molar-refractivity contribution in [1.29, 1.82) is 0 Å². The molecule has 3 rings (SSSR count). The molecule has 140 valence electrons. The summed E-state index contributed by atoms with van der Waals surface area (Å²) >= 11 is 12.9. The molecule has 0 saturated carbocycles. The standard InChI is InChI=1S/C16H16Cl2N2O4S2/c17-13-3-1-11(9-14(13)18)16(21)19-10-12-2-4-15(25-12)26(22,23)20-5-7-24-8-6-20/h1-4,9H,5-8,10H2,(H,19,21). The van der Waals surface area contributed by atoms with Gasteiger partial charge < -0.3 is 10.1 Å². The fraction of sp³-hybridized carbons (Fsp3) is 0.312.